The summed E-state index contributed by atoms with van der Waals surface area (Å²) >= 11 is 11.1. The first-order chi connectivity index (χ1) is 6.15. The zero-order chi connectivity index (χ0) is 9.84. The molecular weight excluding hydrogens is 212 g/mol. The van der Waals surface area contributed by atoms with Crippen molar-refractivity contribution in [2.24, 2.45) is 5.73 Å². The predicted octanol–water partition coefficient (Wildman–Crippen LogP) is 2.44. The number of benzene rings is 1. The Balaban J connectivity index is 3.13. The van der Waals surface area contributed by atoms with Crippen molar-refractivity contribution in [2.45, 2.75) is 0 Å². The van der Waals surface area contributed by atoms with Crippen molar-refractivity contribution in [3.8, 4) is 11.8 Å². The third kappa shape index (κ3) is 2.60. The Labute approximate surface area is 85.6 Å². The molecule has 13 heavy (non-hydrogen) atoms. The molecule has 0 saturated heterocycles. The highest BCUT2D eigenvalue weighted by Gasteiger charge is 2.05. The Bertz CT molecular complexity index is 356. The highest BCUT2D eigenvalue weighted by atomic mass is 35.5. The fraction of sp³-hybridized carbons (Fsp3) is 0.111. The zero-order valence-electron chi connectivity index (χ0n) is 6.57. The summed E-state index contributed by atoms with van der Waals surface area (Å²) in [6.07, 6.45) is 0. The van der Waals surface area contributed by atoms with Crippen LogP contribution in [0.4, 0.5) is 4.39 Å². The van der Waals surface area contributed by atoms with E-state index < -0.39 is 5.82 Å². The van der Waals surface area contributed by atoms with Gasteiger partial charge in [-0.25, -0.2) is 4.39 Å². The number of nitrogens with two attached hydrogens (primary N) is 1. The van der Waals surface area contributed by atoms with Crippen LogP contribution >= 0.6 is 23.2 Å². The molecule has 0 aliphatic rings. The van der Waals surface area contributed by atoms with Crippen molar-refractivity contribution in [2.75, 3.05) is 6.54 Å². The van der Waals surface area contributed by atoms with Crippen LogP contribution in [0.2, 0.25) is 10.0 Å². The number of rotatable bonds is 0. The first kappa shape index (κ1) is 10.3. The summed E-state index contributed by atoms with van der Waals surface area (Å²) in [5.74, 6) is 4.70. The van der Waals surface area contributed by atoms with Gasteiger partial charge in [-0.05, 0) is 12.1 Å². The SMILES string of the molecule is NCC#Cc1cc(Cl)c(F)c(Cl)c1. The molecule has 68 valence electrons. The van der Waals surface area contributed by atoms with Gasteiger partial charge < -0.3 is 5.73 Å². The second-order valence-corrected chi connectivity index (χ2v) is 3.07. The van der Waals surface area contributed by atoms with Crippen LogP contribution in [0.1, 0.15) is 5.56 Å². The van der Waals surface area contributed by atoms with Crippen molar-refractivity contribution >= 4 is 23.2 Å². The van der Waals surface area contributed by atoms with Crippen LogP contribution in [-0.4, -0.2) is 6.54 Å². The van der Waals surface area contributed by atoms with Crippen LogP contribution in [-0.2, 0) is 0 Å². The summed E-state index contributed by atoms with van der Waals surface area (Å²) in [5, 5.41) is -0.0670. The molecule has 0 fully saturated rings. The lowest BCUT2D eigenvalue weighted by Gasteiger charge is -1.97. The van der Waals surface area contributed by atoms with Gasteiger partial charge in [-0.1, -0.05) is 35.0 Å². The number of halogens is 3. The van der Waals surface area contributed by atoms with Crippen LogP contribution in [0.25, 0.3) is 0 Å². The van der Waals surface area contributed by atoms with Gasteiger partial charge in [-0.2, -0.15) is 0 Å². The van der Waals surface area contributed by atoms with Crippen molar-refractivity contribution in [1.29, 1.82) is 0 Å². The van der Waals surface area contributed by atoms with Crippen LogP contribution in [0.5, 0.6) is 0 Å². The van der Waals surface area contributed by atoms with E-state index in [0.29, 0.717) is 5.56 Å². The van der Waals surface area contributed by atoms with E-state index in [1.807, 2.05) is 0 Å². The van der Waals surface area contributed by atoms with E-state index >= 15 is 0 Å². The number of hydrogen-bond donors (Lipinski definition) is 1. The van der Waals surface area contributed by atoms with Gasteiger partial charge in [-0.15, -0.1) is 0 Å². The lowest BCUT2D eigenvalue weighted by atomic mass is 10.2. The molecule has 4 heteroatoms. The van der Waals surface area contributed by atoms with Gasteiger partial charge in [0.15, 0.2) is 5.82 Å². The molecule has 0 spiro atoms. The lowest BCUT2D eigenvalue weighted by molar-refractivity contribution is 0.628. The molecule has 1 aromatic carbocycles. The Morgan fingerprint density at radius 2 is 1.85 bits per heavy atom. The van der Waals surface area contributed by atoms with Crippen molar-refractivity contribution < 1.29 is 4.39 Å². The van der Waals surface area contributed by atoms with Crippen LogP contribution < -0.4 is 5.73 Å². The van der Waals surface area contributed by atoms with Crippen molar-refractivity contribution in [1.82, 2.24) is 0 Å². The van der Waals surface area contributed by atoms with E-state index in [9.17, 15) is 4.39 Å². The molecular formula is C9H6Cl2FN. The minimum atomic E-state index is -0.623. The second kappa shape index (κ2) is 4.48. The van der Waals surface area contributed by atoms with E-state index in [1.54, 1.807) is 0 Å². The zero-order valence-corrected chi connectivity index (χ0v) is 8.08. The molecule has 0 aromatic heterocycles. The summed E-state index contributed by atoms with van der Waals surface area (Å²) in [6.45, 7) is 0.243. The lowest BCUT2D eigenvalue weighted by Crippen LogP contribution is -1.93. The average Bonchev–Trinajstić information content (AvgIpc) is 2.10. The van der Waals surface area contributed by atoms with E-state index in [4.69, 9.17) is 28.9 Å². The van der Waals surface area contributed by atoms with Crippen LogP contribution in [0, 0.1) is 17.7 Å². The topological polar surface area (TPSA) is 26.0 Å². The maximum Gasteiger partial charge on any atom is 0.160 e. The molecule has 0 aliphatic heterocycles. The molecule has 0 amide bonds. The summed E-state index contributed by atoms with van der Waals surface area (Å²) in [6, 6.07) is 2.82. The maximum absolute atomic E-state index is 12.9. The summed E-state index contributed by atoms with van der Waals surface area (Å²) < 4.78 is 12.9. The third-order valence-electron chi connectivity index (χ3n) is 1.32. The minimum absolute atomic E-state index is 0.0335. The Kier molecular flexibility index (Phi) is 3.56. The van der Waals surface area contributed by atoms with Crippen LogP contribution in [0.15, 0.2) is 12.1 Å². The molecule has 0 atom stereocenters. The fourth-order valence-corrected chi connectivity index (χ4v) is 1.27. The van der Waals surface area contributed by atoms with Gasteiger partial charge in [0.25, 0.3) is 0 Å². The summed E-state index contributed by atoms with van der Waals surface area (Å²) in [5.41, 5.74) is 5.73. The first-order valence-electron chi connectivity index (χ1n) is 3.48. The van der Waals surface area contributed by atoms with Crippen molar-refractivity contribution in [3.05, 3.63) is 33.6 Å². The van der Waals surface area contributed by atoms with Gasteiger partial charge >= 0.3 is 0 Å². The summed E-state index contributed by atoms with van der Waals surface area (Å²) in [7, 11) is 0. The number of hydrogen-bond acceptors (Lipinski definition) is 1. The van der Waals surface area contributed by atoms with E-state index in [-0.39, 0.29) is 16.6 Å². The van der Waals surface area contributed by atoms with E-state index in [1.165, 1.54) is 12.1 Å². The molecule has 1 nitrogen and oxygen atoms in total. The van der Waals surface area contributed by atoms with Gasteiger partial charge in [0.2, 0.25) is 0 Å². The van der Waals surface area contributed by atoms with Gasteiger partial charge in [-0.3, -0.25) is 0 Å². The highest BCUT2D eigenvalue weighted by molar-refractivity contribution is 6.35. The standard InChI is InChI=1S/C9H6Cl2FN/c10-7-4-6(2-1-3-13)5-8(11)9(7)12/h4-5H,3,13H2. The smallest absolute Gasteiger partial charge is 0.160 e. The van der Waals surface area contributed by atoms with Gasteiger partial charge in [0.05, 0.1) is 16.6 Å². The molecule has 1 rings (SSSR count). The predicted molar refractivity (Wildman–Crippen MR) is 52.4 cm³/mol. The molecule has 0 radical (unpaired) electrons. The molecule has 0 heterocycles. The average molecular weight is 218 g/mol. The fourth-order valence-electron chi connectivity index (χ4n) is 0.781. The Hall–Kier alpha value is -0.750. The Morgan fingerprint density at radius 3 is 2.31 bits per heavy atom. The molecule has 0 saturated carbocycles. The highest BCUT2D eigenvalue weighted by Crippen LogP contribution is 2.24. The van der Waals surface area contributed by atoms with Gasteiger partial charge in [0.1, 0.15) is 0 Å². The monoisotopic (exact) mass is 217 g/mol. The van der Waals surface area contributed by atoms with E-state index in [2.05, 4.69) is 11.8 Å². The van der Waals surface area contributed by atoms with E-state index in [0.717, 1.165) is 0 Å². The largest absolute Gasteiger partial charge is 0.320 e. The normalized spacial score (nSPS) is 9.23. The first-order valence-corrected chi connectivity index (χ1v) is 4.24. The molecule has 1 aromatic rings. The van der Waals surface area contributed by atoms with Crippen LogP contribution in [0.3, 0.4) is 0 Å². The minimum Gasteiger partial charge on any atom is -0.320 e. The second-order valence-electron chi connectivity index (χ2n) is 2.26. The summed E-state index contributed by atoms with van der Waals surface area (Å²) in [4.78, 5) is 0. The molecule has 0 unspecified atom stereocenters. The molecule has 0 aliphatic carbocycles. The quantitative estimate of drug-likeness (QED) is 0.525. The van der Waals surface area contributed by atoms with Gasteiger partial charge in [0, 0.05) is 5.56 Å². The molecule has 0 bridgehead atoms. The van der Waals surface area contributed by atoms with Crippen molar-refractivity contribution in [3.63, 3.8) is 0 Å². The maximum atomic E-state index is 12.9. The third-order valence-corrected chi connectivity index (χ3v) is 1.87. The Morgan fingerprint density at radius 1 is 1.31 bits per heavy atom. The molecule has 2 N–H and O–H groups in total.